The number of amides is 1. The molecule has 0 aliphatic carbocycles. The van der Waals surface area contributed by atoms with E-state index in [-0.39, 0.29) is 18.0 Å². The van der Waals surface area contributed by atoms with Gasteiger partial charge in [0, 0.05) is 23.1 Å². The largest absolute Gasteiger partial charge is 0.465 e. The van der Waals surface area contributed by atoms with Crippen LogP contribution in [0.3, 0.4) is 0 Å². The standard InChI is InChI=1S/C20H16N2O5S/c1-27-20(24)18-16(14-5-3-2-4-6-14)12-28-19(18)21-17(23)11-13-7-9-15(10-8-13)22(25)26/h2-10,12H,11H2,1H3,(H,21,23). The zero-order valence-corrected chi connectivity index (χ0v) is 15.7. The maximum absolute atomic E-state index is 12.4. The first kappa shape index (κ1) is 19.2. The summed E-state index contributed by atoms with van der Waals surface area (Å²) in [5.41, 5.74) is 2.42. The second kappa shape index (κ2) is 8.45. The number of hydrogen-bond acceptors (Lipinski definition) is 6. The number of carbonyl (C=O) groups excluding carboxylic acids is 2. The summed E-state index contributed by atoms with van der Waals surface area (Å²) in [6, 6.07) is 15.1. The van der Waals surface area contributed by atoms with Crippen LogP contribution >= 0.6 is 11.3 Å². The quantitative estimate of drug-likeness (QED) is 0.381. The number of thiophene rings is 1. The summed E-state index contributed by atoms with van der Waals surface area (Å²) in [5.74, 6) is -0.869. The van der Waals surface area contributed by atoms with Crippen LogP contribution in [0.15, 0.2) is 60.0 Å². The molecule has 0 unspecified atom stereocenters. The fourth-order valence-corrected chi connectivity index (χ4v) is 3.65. The van der Waals surface area contributed by atoms with Crippen molar-refractivity contribution in [2.75, 3.05) is 12.4 Å². The number of methoxy groups -OCH3 is 1. The molecule has 7 nitrogen and oxygen atoms in total. The first-order valence-electron chi connectivity index (χ1n) is 8.28. The van der Waals surface area contributed by atoms with E-state index in [0.29, 0.717) is 21.7 Å². The fraction of sp³-hybridized carbons (Fsp3) is 0.100. The molecule has 3 aromatic rings. The Kier molecular flexibility index (Phi) is 5.81. The molecule has 28 heavy (non-hydrogen) atoms. The molecule has 0 saturated carbocycles. The number of carbonyl (C=O) groups is 2. The fourth-order valence-electron chi connectivity index (χ4n) is 2.68. The van der Waals surface area contributed by atoms with Gasteiger partial charge in [-0.25, -0.2) is 4.79 Å². The molecule has 1 amide bonds. The lowest BCUT2D eigenvalue weighted by Gasteiger charge is -2.08. The minimum absolute atomic E-state index is 0.0250. The van der Waals surface area contributed by atoms with Crippen molar-refractivity contribution in [3.63, 3.8) is 0 Å². The Labute approximate surface area is 164 Å². The van der Waals surface area contributed by atoms with Crippen molar-refractivity contribution >= 4 is 33.9 Å². The summed E-state index contributed by atoms with van der Waals surface area (Å²) >= 11 is 1.24. The van der Waals surface area contributed by atoms with Gasteiger partial charge in [0.15, 0.2) is 0 Å². The van der Waals surface area contributed by atoms with E-state index in [1.54, 1.807) is 5.38 Å². The minimum atomic E-state index is -0.536. The second-order valence-electron chi connectivity index (χ2n) is 5.86. The number of non-ortho nitro benzene ring substituents is 1. The Hall–Kier alpha value is -3.52. The van der Waals surface area contributed by atoms with Gasteiger partial charge in [-0.2, -0.15) is 0 Å². The smallest absolute Gasteiger partial charge is 0.341 e. The van der Waals surface area contributed by atoms with Crippen molar-refractivity contribution in [2.24, 2.45) is 0 Å². The highest BCUT2D eigenvalue weighted by atomic mass is 32.1. The molecule has 1 heterocycles. The average molecular weight is 396 g/mol. The number of rotatable bonds is 6. The van der Waals surface area contributed by atoms with Gasteiger partial charge in [0.25, 0.3) is 5.69 Å². The van der Waals surface area contributed by atoms with Gasteiger partial charge in [0.05, 0.1) is 18.5 Å². The highest BCUT2D eigenvalue weighted by Crippen LogP contribution is 2.36. The van der Waals surface area contributed by atoms with E-state index in [4.69, 9.17) is 4.74 Å². The zero-order valence-electron chi connectivity index (χ0n) is 14.9. The molecule has 1 N–H and O–H groups in total. The Morgan fingerprint density at radius 2 is 1.79 bits per heavy atom. The lowest BCUT2D eigenvalue weighted by atomic mass is 10.0. The van der Waals surface area contributed by atoms with Gasteiger partial charge in [-0.15, -0.1) is 11.3 Å². The van der Waals surface area contributed by atoms with E-state index in [1.807, 2.05) is 30.3 Å². The maximum atomic E-state index is 12.4. The third-order valence-corrected chi connectivity index (χ3v) is 4.93. The van der Waals surface area contributed by atoms with Crippen LogP contribution in [0.1, 0.15) is 15.9 Å². The van der Waals surface area contributed by atoms with Crippen molar-refractivity contribution < 1.29 is 19.2 Å². The van der Waals surface area contributed by atoms with Crippen LogP contribution in [0.2, 0.25) is 0 Å². The van der Waals surface area contributed by atoms with Crippen molar-refractivity contribution in [2.45, 2.75) is 6.42 Å². The number of nitrogens with zero attached hydrogens (tertiary/aromatic N) is 1. The third kappa shape index (κ3) is 4.24. The molecule has 142 valence electrons. The summed E-state index contributed by atoms with van der Waals surface area (Å²) in [5, 5.41) is 15.7. The number of hydrogen-bond donors (Lipinski definition) is 1. The number of nitro benzene ring substituents is 1. The van der Waals surface area contributed by atoms with Crippen molar-refractivity contribution in [1.29, 1.82) is 0 Å². The van der Waals surface area contributed by atoms with E-state index in [9.17, 15) is 19.7 Å². The molecule has 1 aromatic heterocycles. The SMILES string of the molecule is COC(=O)c1c(-c2ccccc2)csc1NC(=O)Cc1ccc([N+](=O)[O-])cc1. The normalized spacial score (nSPS) is 10.3. The van der Waals surface area contributed by atoms with Crippen LogP contribution in [0.4, 0.5) is 10.7 Å². The van der Waals surface area contributed by atoms with Gasteiger partial charge in [0.1, 0.15) is 10.6 Å². The number of nitro groups is 1. The van der Waals surface area contributed by atoms with Crippen LogP contribution in [0, 0.1) is 10.1 Å². The zero-order chi connectivity index (χ0) is 20.1. The number of anilines is 1. The number of esters is 1. The predicted molar refractivity (Wildman–Crippen MR) is 107 cm³/mol. The maximum Gasteiger partial charge on any atom is 0.341 e. The molecule has 0 radical (unpaired) electrons. The Bertz CT molecular complexity index is 1010. The van der Waals surface area contributed by atoms with Gasteiger partial charge < -0.3 is 10.1 Å². The molecule has 0 aliphatic rings. The molecule has 3 rings (SSSR count). The molecule has 0 atom stereocenters. The van der Waals surface area contributed by atoms with Crippen LogP contribution in [0.5, 0.6) is 0 Å². The lowest BCUT2D eigenvalue weighted by molar-refractivity contribution is -0.384. The highest BCUT2D eigenvalue weighted by Gasteiger charge is 2.22. The van der Waals surface area contributed by atoms with Crippen molar-refractivity contribution in [3.8, 4) is 11.1 Å². The Morgan fingerprint density at radius 1 is 1.11 bits per heavy atom. The van der Waals surface area contributed by atoms with E-state index < -0.39 is 10.9 Å². The van der Waals surface area contributed by atoms with Crippen LogP contribution in [-0.2, 0) is 16.0 Å². The second-order valence-corrected chi connectivity index (χ2v) is 6.74. The molecule has 0 spiro atoms. The molecule has 0 fully saturated rings. The molecule has 0 saturated heterocycles. The van der Waals surface area contributed by atoms with E-state index in [2.05, 4.69) is 5.32 Å². The minimum Gasteiger partial charge on any atom is -0.465 e. The van der Waals surface area contributed by atoms with Crippen molar-refractivity contribution in [1.82, 2.24) is 0 Å². The molecule has 0 bridgehead atoms. The summed E-state index contributed by atoms with van der Waals surface area (Å²) in [6.07, 6.45) is 0.0250. The first-order valence-corrected chi connectivity index (χ1v) is 9.16. The molecular weight excluding hydrogens is 380 g/mol. The van der Waals surface area contributed by atoms with Gasteiger partial charge in [0.2, 0.25) is 5.91 Å². The number of benzene rings is 2. The van der Waals surface area contributed by atoms with E-state index in [1.165, 1.54) is 42.7 Å². The Balaban J connectivity index is 1.81. The van der Waals surface area contributed by atoms with Gasteiger partial charge >= 0.3 is 5.97 Å². The summed E-state index contributed by atoms with van der Waals surface area (Å²) in [7, 11) is 1.29. The predicted octanol–water partition coefficient (Wildman–Crippen LogP) is 4.29. The summed E-state index contributed by atoms with van der Waals surface area (Å²) in [6.45, 7) is 0. The van der Waals surface area contributed by atoms with Gasteiger partial charge in [-0.3, -0.25) is 14.9 Å². The monoisotopic (exact) mass is 396 g/mol. The van der Waals surface area contributed by atoms with Gasteiger partial charge in [-0.05, 0) is 11.1 Å². The summed E-state index contributed by atoms with van der Waals surface area (Å²) < 4.78 is 4.89. The van der Waals surface area contributed by atoms with Crippen LogP contribution < -0.4 is 5.32 Å². The van der Waals surface area contributed by atoms with E-state index in [0.717, 1.165) is 5.56 Å². The van der Waals surface area contributed by atoms with Crippen LogP contribution in [-0.4, -0.2) is 23.9 Å². The van der Waals surface area contributed by atoms with Crippen LogP contribution in [0.25, 0.3) is 11.1 Å². The third-order valence-electron chi connectivity index (χ3n) is 4.03. The molecule has 0 aliphatic heterocycles. The first-order chi connectivity index (χ1) is 13.5. The van der Waals surface area contributed by atoms with Gasteiger partial charge in [-0.1, -0.05) is 42.5 Å². The average Bonchev–Trinajstić information content (AvgIpc) is 3.11. The highest BCUT2D eigenvalue weighted by molar-refractivity contribution is 7.15. The molecule has 8 heteroatoms. The number of ether oxygens (including phenoxy) is 1. The van der Waals surface area contributed by atoms with Crippen molar-refractivity contribution in [3.05, 3.63) is 81.2 Å². The molecular formula is C20H16N2O5S. The topological polar surface area (TPSA) is 98.5 Å². The molecule has 2 aromatic carbocycles. The lowest BCUT2D eigenvalue weighted by Crippen LogP contribution is -2.16. The number of nitrogens with one attached hydrogen (secondary N) is 1. The Morgan fingerprint density at radius 3 is 2.39 bits per heavy atom. The van der Waals surface area contributed by atoms with E-state index >= 15 is 0 Å². The summed E-state index contributed by atoms with van der Waals surface area (Å²) in [4.78, 5) is 34.9.